The lowest BCUT2D eigenvalue weighted by atomic mass is 9.99. The zero-order chi connectivity index (χ0) is 25.8. The van der Waals surface area contributed by atoms with Gasteiger partial charge in [-0.1, -0.05) is 26.1 Å². The molecule has 1 amide bonds. The Labute approximate surface area is 211 Å². The van der Waals surface area contributed by atoms with Crippen molar-refractivity contribution in [3.05, 3.63) is 53.9 Å². The Morgan fingerprint density at radius 1 is 1.25 bits per heavy atom. The van der Waals surface area contributed by atoms with E-state index < -0.39 is 26.2 Å². The van der Waals surface area contributed by atoms with Gasteiger partial charge in [0, 0.05) is 70.7 Å². The number of carbonyl (C=O) groups excluding carboxylic acids is 1. The summed E-state index contributed by atoms with van der Waals surface area (Å²) >= 11 is 0. The Kier molecular flexibility index (Phi) is 8.05. The third-order valence-corrected chi connectivity index (χ3v) is 7.62. The SMILES string of the molecule is CCC(=O)N1CC=C(c2cn(COCC[SiH](C)C)c3nccc(Oc4c(F)cc(N)cc4F)c23)CC1. The van der Waals surface area contributed by atoms with E-state index in [2.05, 4.69) is 18.1 Å². The van der Waals surface area contributed by atoms with Crippen LogP contribution in [-0.4, -0.2) is 48.9 Å². The molecule has 10 heteroatoms. The van der Waals surface area contributed by atoms with Crippen LogP contribution in [0.3, 0.4) is 0 Å². The molecule has 3 aromatic rings. The lowest BCUT2D eigenvalue weighted by molar-refractivity contribution is -0.130. The van der Waals surface area contributed by atoms with Crippen LogP contribution in [0.1, 0.15) is 25.3 Å². The number of nitrogens with zero attached hydrogens (tertiary/aromatic N) is 3. The molecule has 3 heterocycles. The van der Waals surface area contributed by atoms with Gasteiger partial charge in [0.05, 0.1) is 5.39 Å². The summed E-state index contributed by atoms with van der Waals surface area (Å²) < 4.78 is 42.7. The quantitative estimate of drug-likeness (QED) is 0.242. The lowest BCUT2D eigenvalue weighted by Gasteiger charge is -2.26. The smallest absolute Gasteiger partial charge is 0.222 e. The standard InChI is InChI=1S/C26H32F2N4O3Si/c1-4-23(33)31-9-6-17(7-10-31)19-15-32(16-34-11-12-36(2)3)26-24(19)22(5-8-30-26)35-25-20(27)13-18(29)14-21(25)28/h5-6,8,13-15,36H,4,7,9-12,16,29H2,1-3H3. The van der Waals surface area contributed by atoms with E-state index in [0.29, 0.717) is 50.3 Å². The van der Waals surface area contributed by atoms with Gasteiger partial charge in [0.2, 0.25) is 5.91 Å². The number of fused-ring (bicyclic) bond motifs is 1. The van der Waals surface area contributed by atoms with E-state index in [-0.39, 0.29) is 17.3 Å². The molecule has 36 heavy (non-hydrogen) atoms. The highest BCUT2D eigenvalue weighted by atomic mass is 28.3. The molecular formula is C26H32F2N4O3Si. The first-order valence-electron chi connectivity index (χ1n) is 12.2. The summed E-state index contributed by atoms with van der Waals surface area (Å²) in [6.45, 7) is 8.45. The predicted octanol–water partition coefficient (Wildman–Crippen LogP) is 5.18. The molecule has 1 aliphatic heterocycles. The summed E-state index contributed by atoms with van der Waals surface area (Å²) in [5, 5.41) is 0.636. The molecule has 1 aliphatic rings. The second-order valence-electron chi connectivity index (χ2n) is 9.33. The molecule has 0 radical (unpaired) electrons. The van der Waals surface area contributed by atoms with Crippen LogP contribution in [0.4, 0.5) is 14.5 Å². The maximum atomic E-state index is 14.5. The molecule has 192 valence electrons. The van der Waals surface area contributed by atoms with Crippen LogP contribution in [-0.2, 0) is 16.3 Å². The van der Waals surface area contributed by atoms with Crippen LogP contribution in [0.5, 0.6) is 11.5 Å². The van der Waals surface area contributed by atoms with Crippen molar-refractivity contribution in [1.82, 2.24) is 14.5 Å². The molecule has 0 atom stereocenters. The first-order chi connectivity index (χ1) is 17.3. The number of hydrogen-bond acceptors (Lipinski definition) is 5. The molecule has 2 aromatic heterocycles. The fourth-order valence-corrected chi connectivity index (χ4v) is 4.88. The number of benzene rings is 1. The number of aromatic nitrogens is 2. The zero-order valence-corrected chi connectivity index (χ0v) is 22.0. The van der Waals surface area contributed by atoms with Gasteiger partial charge < -0.3 is 24.7 Å². The third kappa shape index (κ3) is 5.60. The Bertz CT molecular complexity index is 1270. The van der Waals surface area contributed by atoms with E-state index in [9.17, 15) is 13.6 Å². The average molecular weight is 515 g/mol. The van der Waals surface area contributed by atoms with Crippen LogP contribution in [0.15, 0.2) is 36.7 Å². The van der Waals surface area contributed by atoms with E-state index in [0.717, 1.165) is 29.3 Å². The number of nitrogens with two attached hydrogens (primary N) is 1. The maximum Gasteiger partial charge on any atom is 0.222 e. The van der Waals surface area contributed by atoms with Gasteiger partial charge in [-0.25, -0.2) is 13.8 Å². The zero-order valence-electron chi connectivity index (χ0n) is 20.9. The molecule has 0 saturated carbocycles. The van der Waals surface area contributed by atoms with E-state index >= 15 is 0 Å². The number of halogens is 2. The molecule has 2 N–H and O–H groups in total. The second kappa shape index (κ2) is 11.2. The summed E-state index contributed by atoms with van der Waals surface area (Å²) in [7, 11) is -0.734. The van der Waals surface area contributed by atoms with Gasteiger partial charge in [0.25, 0.3) is 0 Å². The van der Waals surface area contributed by atoms with E-state index in [1.165, 1.54) is 0 Å². The predicted molar refractivity (Wildman–Crippen MR) is 140 cm³/mol. The van der Waals surface area contributed by atoms with Gasteiger partial charge in [0.15, 0.2) is 17.4 Å². The number of amides is 1. The molecule has 0 aliphatic carbocycles. The Morgan fingerprint density at radius 3 is 2.64 bits per heavy atom. The highest BCUT2D eigenvalue weighted by Gasteiger charge is 2.23. The van der Waals surface area contributed by atoms with E-state index in [1.54, 1.807) is 12.3 Å². The molecule has 0 saturated heterocycles. The average Bonchev–Trinajstić information content (AvgIpc) is 3.23. The molecule has 0 unspecified atom stereocenters. The van der Waals surface area contributed by atoms with Crippen molar-refractivity contribution in [1.29, 1.82) is 0 Å². The first-order valence-corrected chi connectivity index (χ1v) is 15.4. The minimum Gasteiger partial charge on any atom is -0.450 e. The third-order valence-electron chi connectivity index (χ3n) is 6.23. The van der Waals surface area contributed by atoms with E-state index in [1.807, 2.05) is 28.7 Å². The number of nitrogen functional groups attached to an aromatic ring is 1. The largest absolute Gasteiger partial charge is 0.450 e. The summed E-state index contributed by atoms with van der Waals surface area (Å²) in [4.78, 5) is 18.5. The number of ether oxygens (including phenoxy) is 2. The van der Waals surface area contributed by atoms with Gasteiger partial charge in [0.1, 0.15) is 18.1 Å². The van der Waals surface area contributed by atoms with Crippen molar-refractivity contribution in [2.24, 2.45) is 0 Å². The summed E-state index contributed by atoms with van der Waals surface area (Å²) in [5.41, 5.74) is 7.99. The van der Waals surface area contributed by atoms with Crippen molar-refractivity contribution >= 4 is 37.0 Å². The fraction of sp³-hybridized carbons (Fsp3) is 0.385. The molecule has 4 rings (SSSR count). The maximum absolute atomic E-state index is 14.5. The molecule has 0 spiro atoms. The van der Waals surface area contributed by atoms with E-state index in [4.69, 9.17) is 15.2 Å². The van der Waals surface area contributed by atoms with Crippen LogP contribution in [0.2, 0.25) is 19.1 Å². The number of carbonyl (C=O) groups is 1. The highest BCUT2D eigenvalue weighted by molar-refractivity contribution is 6.55. The number of rotatable bonds is 9. The minimum absolute atomic E-state index is 0.0239. The van der Waals surface area contributed by atoms with Crippen LogP contribution < -0.4 is 10.5 Å². The monoisotopic (exact) mass is 514 g/mol. The number of anilines is 1. The van der Waals surface area contributed by atoms with Crippen molar-refractivity contribution in [2.75, 3.05) is 25.4 Å². The molecule has 0 bridgehead atoms. The van der Waals surface area contributed by atoms with Crippen molar-refractivity contribution in [3.63, 3.8) is 0 Å². The molecular weight excluding hydrogens is 482 g/mol. The number of hydrogen-bond donors (Lipinski definition) is 1. The van der Waals surface area contributed by atoms with Crippen LogP contribution in [0, 0.1) is 11.6 Å². The van der Waals surface area contributed by atoms with Crippen molar-refractivity contribution in [3.8, 4) is 11.5 Å². The molecule has 1 aromatic carbocycles. The van der Waals surface area contributed by atoms with Crippen molar-refractivity contribution < 1.29 is 23.0 Å². The fourth-order valence-electron chi connectivity index (χ4n) is 4.25. The summed E-state index contributed by atoms with van der Waals surface area (Å²) in [6, 6.07) is 4.71. The Balaban J connectivity index is 1.74. The molecule has 0 fully saturated rings. The highest BCUT2D eigenvalue weighted by Crippen LogP contribution is 2.39. The summed E-state index contributed by atoms with van der Waals surface area (Å²) in [5.74, 6) is -1.91. The van der Waals surface area contributed by atoms with Crippen LogP contribution in [0.25, 0.3) is 16.6 Å². The first kappa shape index (κ1) is 25.8. The van der Waals surface area contributed by atoms with Gasteiger partial charge in [-0.2, -0.15) is 0 Å². The number of pyridine rings is 1. The van der Waals surface area contributed by atoms with Gasteiger partial charge >= 0.3 is 0 Å². The molecule has 7 nitrogen and oxygen atoms in total. The van der Waals surface area contributed by atoms with Gasteiger partial charge in [-0.15, -0.1) is 0 Å². The Morgan fingerprint density at radius 2 is 2.00 bits per heavy atom. The van der Waals surface area contributed by atoms with Crippen molar-refractivity contribution in [2.45, 2.75) is 45.6 Å². The minimum atomic E-state index is -0.884. The second-order valence-corrected chi connectivity index (χ2v) is 12.7. The van der Waals surface area contributed by atoms with Gasteiger partial charge in [-0.3, -0.25) is 4.79 Å². The normalized spacial score (nSPS) is 13.9. The Hall–Kier alpha value is -3.24. The summed E-state index contributed by atoms with van der Waals surface area (Å²) in [6.07, 6.45) is 6.60. The lowest BCUT2D eigenvalue weighted by Crippen LogP contribution is -2.34. The van der Waals surface area contributed by atoms with Crippen LogP contribution >= 0.6 is 0 Å². The van der Waals surface area contributed by atoms with Gasteiger partial charge in [-0.05, 0) is 24.1 Å². The topological polar surface area (TPSA) is 82.6 Å².